The Morgan fingerprint density at radius 1 is 1.00 bits per heavy atom. The van der Waals surface area contributed by atoms with Crippen LogP contribution >= 0.6 is 0 Å². The van der Waals surface area contributed by atoms with Gasteiger partial charge in [0, 0.05) is 12.6 Å². The van der Waals surface area contributed by atoms with Gasteiger partial charge in [-0.05, 0) is 19.3 Å². The van der Waals surface area contributed by atoms with Gasteiger partial charge in [0.25, 0.3) is 0 Å². The minimum atomic E-state index is -0.000513. The topological polar surface area (TPSA) is 29.1 Å². The molecule has 0 atom stereocenters. The molecule has 0 aromatic rings. The quantitative estimate of drug-likeness (QED) is 0.347. The fraction of sp³-hybridized carbons (Fsp3) is 0.667. The van der Waals surface area contributed by atoms with E-state index in [-0.39, 0.29) is 5.91 Å². The highest BCUT2D eigenvalue weighted by Crippen LogP contribution is 2.05. The molecular formula is C15H27NO. The number of hydrogen-bond donors (Lipinski definition) is 1. The Labute approximate surface area is 106 Å². The Hall–Kier alpha value is -1.05. The van der Waals surface area contributed by atoms with Gasteiger partial charge in [0.2, 0.25) is 5.91 Å². The molecule has 0 unspecified atom stereocenters. The smallest absolute Gasteiger partial charge is 0.243 e. The Kier molecular flexibility index (Phi) is 12.2. The van der Waals surface area contributed by atoms with Crippen LogP contribution in [0.1, 0.15) is 58.8 Å². The molecule has 2 heteroatoms. The van der Waals surface area contributed by atoms with Crippen LogP contribution in [0.15, 0.2) is 24.3 Å². The molecule has 1 amide bonds. The van der Waals surface area contributed by atoms with Gasteiger partial charge in [-0.2, -0.15) is 0 Å². The number of rotatable bonds is 10. The number of unbranched alkanes of at least 4 members (excludes halogenated alkanes) is 5. The summed E-state index contributed by atoms with van der Waals surface area (Å²) in [6.45, 7) is 5.03. The second-order valence-corrected chi connectivity index (χ2v) is 4.28. The normalized spacial score (nSPS) is 11.4. The van der Waals surface area contributed by atoms with Gasteiger partial charge in [-0.15, -0.1) is 0 Å². The summed E-state index contributed by atoms with van der Waals surface area (Å²) < 4.78 is 0. The van der Waals surface area contributed by atoms with E-state index >= 15 is 0 Å². The van der Waals surface area contributed by atoms with Crippen molar-refractivity contribution in [2.24, 2.45) is 0 Å². The largest absolute Gasteiger partial charge is 0.353 e. The van der Waals surface area contributed by atoms with E-state index in [1.807, 2.05) is 19.1 Å². The molecule has 17 heavy (non-hydrogen) atoms. The van der Waals surface area contributed by atoms with E-state index in [0.717, 1.165) is 19.4 Å². The van der Waals surface area contributed by atoms with E-state index < -0.39 is 0 Å². The second kappa shape index (κ2) is 13.0. The van der Waals surface area contributed by atoms with Crippen molar-refractivity contribution in [1.82, 2.24) is 5.32 Å². The maximum Gasteiger partial charge on any atom is 0.243 e. The molecule has 0 spiro atoms. The van der Waals surface area contributed by atoms with Crippen LogP contribution in [0.4, 0.5) is 0 Å². The summed E-state index contributed by atoms with van der Waals surface area (Å²) in [6.07, 6.45) is 16.2. The Morgan fingerprint density at radius 3 is 2.47 bits per heavy atom. The zero-order valence-electron chi connectivity index (χ0n) is 11.4. The molecule has 0 rings (SSSR count). The first-order chi connectivity index (χ1) is 8.31. The Morgan fingerprint density at radius 2 is 1.76 bits per heavy atom. The number of carbonyl (C=O) groups is 1. The summed E-state index contributed by atoms with van der Waals surface area (Å²) >= 11 is 0. The average molecular weight is 237 g/mol. The summed E-state index contributed by atoms with van der Waals surface area (Å²) in [5, 5.41) is 2.80. The zero-order chi connectivity index (χ0) is 12.8. The fourth-order valence-corrected chi connectivity index (χ4v) is 1.49. The van der Waals surface area contributed by atoms with Gasteiger partial charge < -0.3 is 5.32 Å². The van der Waals surface area contributed by atoms with Crippen molar-refractivity contribution in [3.8, 4) is 0 Å². The molecule has 0 aliphatic rings. The first-order valence-electron chi connectivity index (χ1n) is 6.92. The lowest BCUT2D eigenvalue weighted by molar-refractivity contribution is -0.116. The fourth-order valence-electron chi connectivity index (χ4n) is 1.49. The summed E-state index contributed by atoms with van der Waals surface area (Å²) in [7, 11) is 0. The molecular weight excluding hydrogens is 210 g/mol. The van der Waals surface area contributed by atoms with Crippen molar-refractivity contribution < 1.29 is 4.79 Å². The van der Waals surface area contributed by atoms with Crippen molar-refractivity contribution in [1.29, 1.82) is 0 Å². The molecule has 98 valence electrons. The minimum Gasteiger partial charge on any atom is -0.353 e. The Balaban J connectivity index is 3.39. The van der Waals surface area contributed by atoms with Crippen molar-refractivity contribution in [3.05, 3.63) is 24.3 Å². The molecule has 0 aromatic carbocycles. The third-order valence-corrected chi connectivity index (χ3v) is 2.52. The Bertz CT molecular complexity index is 231. The summed E-state index contributed by atoms with van der Waals surface area (Å²) in [5.41, 5.74) is 0. The van der Waals surface area contributed by atoms with E-state index in [1.165, 1.54) is 32.1 Å². The number of nitrogens with one attached hydrogen (secondary N) is 1. The standard InChI is InChI=1S/C15H27NO/c1-3-5-6-7-8-9-10-11-12-13-15(17)16-14-4-2/h10-13H,3-9,14H2,1-2H3,(H,16,17). The van der Waals surface area contributed by atoms with Gasteiger partial charge in [-0.3, -0.25) is 4.79 Å². The first kappa shape index (κ1) is 16.0. The highest BCUT2D eigenvalue weighted by atomic mass is 16.1. The van der Waals surface area contributed by atoms with Crippen molar-refractivity contribution in [3.63, 3.8) is 0 Å². The van der Waals surface area contributed by atoms with Crippen molar-refractivity contribution in [2.45, 2.75) is 58.8 Å². The van der Waals surface area contributed by atoms with Crippen molar-refractivity contribution in [2.75, 3.05) is 6.54 Å². The van der Waals surface area contributed by atoms with Crippen LogP contribution < -0.4 is 5.32 Å². The van der Waals surface area contributed by atoms with Crippen LogP contribution in [0.5, 0.6) is 0 Å². The number of amides is 1. The monoisotopic (exact) mass is 237 g/mol. The molecule has 2 nitrogen and oxygen atoms in total. The molecule has 1 N–H and O–H groups in total. The molecule has 0 heterocycles. The maximum absolute atomic E-state index is 11.2. The lowest BCUT2D eigenvalue weighted by atomic mass is 10.1. The van der Waals surface area contributed by atoms with E-state index in [1.54, 1.807) is 6.08 Å². The lowest BCUT2D eigenvalue weighted by Gasteiger charge is -1.96. The lowest BCUT2D eigenvalue weighted by Crippen LogP contribution is -2.21. The summed E-state index contributed by atoms with van der Waals surface area (Å²) in [6, 6.07) is 0. The molecule has 0 aliphatic heterocycles. The van der Waals surface area contributed by atoms with Crippen LogP contribution in [0.3, 0.4) is 0 Å². The van der Waals surface area contributed by atoms with Crippen LogP contribution in [-0.2, 0) is 4.79 Å². The number of carbonyl (C=O) groups excluding carboxylic acids is 1. The molecule has 0 saturated heterocycles. The van der Waals surface area contributed by atoms with E-state index in [0.29, 0.717) is 0 Å². The number of allylic oxidation sites excluding steroid dienone is 3. The average Bonchev–Trinajstić information content (AvgIpc) is 2.34. The minimum absolute atomic E-state index is 0.000513. The third-order valence-electron chi connectivity index (χ3n) is 2.52. The van der Waals surface area contributed by atoms with Gasteiger partial charge in [-0.1, -0.05) is 57.8 Å². The zero-order valence-corrected chi connectivity index (χ0v) is 11.4. The van der Waals surface area contributed by atoms with Gasteiger partial charge in [-0.25, -0.2) is 0 Å². The molecule has 0 bridgehead atoms. The SMILES string of the molecule is CCCCCCCC=CC=CC(=O)NCCC. The molecule has 0 aromatic heterocycles. The van der Waals surface area contributed by atoms with Crippen LogP contribution in [0, 0.1) is 0 Å². The molecule has 0 aliphatic carbocycles. The third kappa shape index (κ3) is 12.9. The highest BCUT2D eigenvalue weighted by molar-refractivity contribution is 5.87. The van der Waals surface area contributed by atoms with Crippen LogP contribution in [0.25, 0.3) is 0 Å². The molecule has 0 fully saturated rings. The summed E-state index contributed by atoms with van der Waals surface area (Å²) in [4.78, 5) is 11.2. The van der Waals surface area contributed by atoms with Gasteiger partial charge >= 0.3 is 0 Å². The van der Waals surface area contributed by atoms with E-state index in [4.69, 9.17) is 0 Å². The maximum atomic E-state index is 11.2. The number of hydrogen-bond acceptors (Lipinski definition) is 1. The van der Waals surface area contributed by atoms with Crippen LogP contribution in [-0.4, -0.2) is 12.5 Å². The first-order valence-corrected chi connectivity index (χ1v) is 6.92. The molecule has 0 radical (unpaired) electrons. The van der Waals surface area contributed by atoms with Gasteiger partial charge in [0.15, 0.2) is 0 Å². The van der Waals surface area contributed by atoms with E-state index in [2.05, 4.69) is 18.3 Å². The predicted octanol–water partition coefficient (Wildman–Crippen LogP) is 3.99. The molecule has 0 saturated carbocycles. The summed E-state index contributed by atoms with van der Waals surface area (Å²) in [5.74, 6) is -0.000513. The van der Waals surface area contributed by atoms with Gasteiger partial charge in [0.05, 0.1) is 0 Å². The highest BCUT2D eigenvalue weighted by Gasteiger charge is 1.89. The predicted molar refractivity (Wildman–Crippen MR) is 75.0 cm³/mol. The van der Waals surface area contributed by atoms with Crippen molar-refractivity contribution >= 4 is 5.91 Å². The second-order valence-electron chi connectivity index (χ2n) is 4.28. The van der Waals surface area contributed by atoms with Gasteiger partial charge in [0.1, 0.15) is 0 Å². The van der Waals surface area contributed by atoms with Crippen LogP contribution in [0.2, 0.25) is 0 Å². The van der Waals surface area contributed by atoms with E-state index in [9.17, 15) is 4.79 Å².